The van der Waals surface area contributed by atoms with Gasteiger partial charge < -0.3 is 9.32 Å². The van der Waals surface area contributed by atoms with Crippen molar-refractivity contribution in [3.63, 3.8) is 0 Å². The third-order valence-corrected chi connectivity index (χ3v) is 6.18. The fourth-order valence-corrected chi connectivity index (χ4v) is 4.07. The minimum absolute atomic E-state index is 0.0919. The summed E-state index contributed by atoms with van der Waals surface area (Å²) < 4.78 is 5.49. The normalized spacial score (nSPS) is 15.0. The van der Waals surface area contributed by atoms with Crippen LogP contribution in [0.25, 0.3) is 11.0 Å². The molecular weight excluding hydrogens is 376 g/mol. The second kappa shape index (κ2) is 8.44. The molecule has 0 saturated carbocycles. The summed E-state index contributed by atoms with van der Waals surface area (Å²) in [4.78, 5) is 29.1. The van der Waals surface area contributed by atoms with Crippen molar-refractivity contribution in [1.29, 1.82) is 0 Å². The number of hydrogen-bond acceptors (Lipinski definition) is 4. The van der Waals surface area contributed by atoms with Crippen LogP contribution in [-0.4, -0.2) is 41.9 Å². The number of hydrogen-bond donors (Lipinski definition) is 0. The molecular formula is C25H28N2O3. The first-order chi connectivity index (χ1) is 14.5. The molecule has 0 atom stereocenters. The van der Waals surface area contributed by atoms with E-state index in [4.69, 9.17) is 4.42 Å². The van der Waals surface area contributed by atoms with Gasteiger partial charge in [0, 0.05) is 49.7 Å². The van der Waals surface area contributed by atoms with Crippen LogP contribution in [0.4, 0.5) is 0 Å². The maximum absolute atomic E-state index is 12.8. The van der Waals surface area contributed by atoms with Crippen molar-refractivity contribution in [2.45, 2.75) is 33.7 Å². The van der Waals surface area contributed by atoms with Crippen molar-refractivity contribution < 1.29 is 9.21 Å². The summed E-state index contributed by atoms with van der Waals surface area (Å²) in [7, 11) is 0. The monoisotopic (exact) mass is 404 g/mol. The second-order valence-corrected chi connectivity index (χ2v) is 8.09. The van der Waals surface area contributed by atoms with Gasteiger partial charge in [-0.1, -0.05) is 31.2 Å². The Kier molecular flexibility index (Phi) is 5.73. The Morgan fingerprint density at radius 2 is 1.70 bits per heavy atom. The summed E-state index contributed by atoms with van der Waals surface area (Å²) in [5.41, 5.74) is 5.47. The van der Waals surface area contributed by atoms with Gasteiger partial charge in [-0.3, -0.25) is 9.69 Å². The van der Waals surface area contributed by atoms with Gasteiger partial charge in [-0.05, 0) is 54.7 Å². The number of carbonyl (C=O) groups excluding carboxylic acids is 1. The summed E-state index contributed by atoms with van der Waals surface area (Å²) in [6, 6.07) is 13.6. The van der Waals surface area contributed by atoms with Gasteiger partial charge in [0.15, 0.2) is 0 Å². The molecule has 1 fully saturated rings. The SMILES string of the molecule is CCc1ccc(C(=O)N2CCN(Cc3cc(=O)oc4c(C)c(C)ccc34)CC2)cc1. The first-order valence-corrected chi connectivity index (χ1v) is 10.6. The molecule has 0 N–H and O–H groups in total. The molecule has 1 amide bonds. The van der Waals surface area contributed by atoms with E-state index in [0.717, 1.165) is 47.2 Å². The van der Waals surface area contributed by atoms with Crippen LogP contribution in [0.3, 0.4) is 0 Å². The number of benzene rings is 2. The molecule has 3 aromatic rings. The number of carbonyl (C=O) groups is 1. The molecule has 5 nitrogen and oxygen atoms in total. The third kappa shape index (κ3) is 4.03. The van der Waals surface area contributed by atoms with Crippen molar-refractivity contribution in [3.8, 4) is 0 Å². The average Bonchev–Trinajstić information content (AvgIpc) is 2.76. The lowest BCUT2D eigenvalue weighted by Gasteiger charge is -2.35. The standard InChI is InChI=1S/C25H28N2O3/c1-4-19-6-8-20(9-7-19)25(29)27-13-11-26(12-14-27)16-21-15-23(28)30-24-18(3)17(2)5-10-22(21)24/h5-10,15H,4,11-14,16H2,1-3H3. The van der Waals surface area contributed by atoms with E-state index in [-0.39, 0.29) is 11.5 Å². The highest BCUT2D eigenvalue weighted by Crippen LogP contribution is 2.24. The van der Waals surface area contributed by atoms with E-state index in [2.05, 4.69) is 17.9 Å². The molecule has 2 heterocycles. The van der Waals surface area contributed by atoms with Gasteiger partial charge in [-0.25, -0.2) is 4.79 Å². The molecule has 156 valence electrons. The number of fused-ring (bicyclic) bond motifs is 1. The molecule has 2 aromatic carbocycles. The number of piperazine rings is 1. The van der Waals surface area contributed by atoms with Gasteiger partial charge in [-0.2, -0.15) is 0 Å². The van der Waals surface area contributed by atoms with Gasteiger partial charge in [-0.15, -0.1) is 0 Å². The number of nitrogens with zero attached hydrogens (tertiary/aromatic N) is 2. The molecule has 0 bridgehead atoms. The van der Waals surface area contributed by atoms with Gasteiger partial charge in [0.2, 0.25) is 0 Å². The zero-order valence-corrected chi connectivity index (χ0v) is 17.9. The van der Waals surface area contributed by atoms with E-state index >= 15 is 0 Å². The predicted octanol–water partition coefficient (Wildman–Crippen LogP) is 3.93. The highest BCUT2D eigenvalue weighted by molar-refractivity contribution is 5.94. The van der Waals surface area contributed by atoms with Crippen molar-refractivity contribution in [2.24, 2.45) is 0 Å². The van der Waals surface area contributed by atoms with Crippen LogP contribution < -0.4 is 5.63 Å². The quantitative estimate of drug-likeness (QED) is 0.619. The molecule has 1 aromatic heterocycles. The van der Waals surface area contributed by atoms with E-state index in [9.17, 15) is 9.59 Å². The van der Waals surface area contributed by atoms with E-state index in [1.165, 1.54) is 5.56 Å². The van der Waals surface area contributed by atoms with Crippen LogP contribution in [0, 0.1) is 13.8 Å². The Morgan fingerprint density at radius 3 is 2.37 bits per heavy atom. The van der Waals surface area contributed by atoms with Crippen molar-refractivity contribution in [1.82, 2.24) is 9.80 Å². The molecule has 0 radical (unpaired) electrons. The van der Waals surface area contributed by atoms with E-state index in [0.29, 0.717) is 25.2 Å². The fraction of sp³-hybridized carbons (Fsp3) is 0.360. The lowest BCUT2D eigenvalue weighted by molar-refractivity contribution is 0.0629. The maximum Gasteiger partial charge on any atom is 0.336 e. The van der Waals surface area contributed by atoms with Crippen molar-refractivity contribution in [3.05, 3.63) is 80.7 Å². The van der Waals surface area contributed by atoms with Crippen LogP contribution in [0.15, 0.2) is 51.7 Å². The van der Waals surface area contributed by atoms with Crippen LogP contribution in [0.5, 0.6) is 0 Å². The smallest absolute Gasteiger partial charge is 0.336 e. The second-order valence-electron chi connectivity index (χ2n) is 8.09. The first kappa shape index (κ1) is 20.4. The Balaban J connectivity index is 1.45. The summed E-state index contributed by atoms with van der Waals surface area (Å²) in [6.07, 6.45) is 0.971. The minimum Gasteiger partial charge on any atom is -0.422 e. The fourth-order valence-electron chi connectivity index (χ4n) is 4.07. The first-order valence-electron chi connectivity index (χ1n) is 10.6. The molecule has 1 saturated heterocycles. The predicted molar refractivity (Wildman–Crippen MR) is 119 cm³/mol. The van der Waals surface area contributed by atoms with Crippen molar-refractivity contribution in [2.75, 3.05) is 26.2 Å². The molecule has 4 rings (SSSR count). The summed E-state index contributed by atoms with van der Waals surface area (Å²) >= 11 is 0. The van der Waals surface area contributed by atoms with Crippen LogP contribution in [-0.2, 0) is 13.0 Å². The molecule has 0 unspecified atom stereocenters. The molecule has 5 heteroatoms. The lowest BCUT2D eigenvalue weighted by Crippen LogP contribution is -2.48. The van der Waals surface area contributed by atoms with Gasteiger partial charge in [0.1, 0.15) is 5.58 Å². The van der Waals surface area contributed by atoms with E-state index < -0.39 is 0 Å². The highest BCUT2D eigenvalue weighted by atomic mass is 16.4. The largest absolute Gasteiger partial charge is 0.422 e. The average molecular weight is 405 g/mol. The highest BCUT2D eigenvalue weighted by Gasteiger charge is 2.23. The zero-order chi connectivity index (χ0) is 21.3. The van der Waals surface area contributed by atoms with Crippen LogP contribution in [0.1, 0.15) is 39.5 Å². The van der Waals surface area contributed by atoms with E-state index in [1.807, 2.05) is 49.1 Å². The number of amides is 1. The van der Waals surface area contributed by atoms with Crippen LogP contribution in [0.2, 0.25) is 0 Å². The minimum atomic E-state index is -0.310. The molecule has 0 spiro atoms. The van der Waals surface area contributed by atoms with E-state index in [1.54, 1.807) is 6.07 Å². The van der Waals surface area contributed by atoms with Gasteiger partial charge >= 0.3 is 5.63 Å². The maximum atomic E-state index is 12.8. The summed E-state index contributed by atoms with van der Waals surface area (Å²) in [5.74, 6) is 0.0919. The Bertz CT molecular complexity index is 1120. The Hall–Kier alpha value is -2.92. The summed E-state index contributed by atoms with van der Waals surface area (Å²) in [5, 5.41) is 0.993. The van der Waals surface area contributed by atoms with Gasteiger partial charge in [0.25, 0.3) is 5.91 Å². The number of rotatable bonds is 4. The van der Waals surface area contributed by atoms with Gasteiger partial charge in [0.05, 0.1) is 0 Å². The Morgan fingerprint density at radius 1 is 1.00 bits per heavy atom. The lowest BCUT2D eigenvalue weighted by atomic mass is 10.0. The third-order valence-electron chi connectivity index (χ3n) is 6.18. The number of aryl methyl sites for hydroxylation is 3. The topological polar surface area (TPSA) is 53.8 Å². The molecule has 1 aliphatic heterocycles. The summed E-state index contributed by atoms with van der Waals surface area (Å²) in [6.45, 7) is 9.74. The zero-order valence-electron chi connectivity index (χ0n) is 17.9. The molecule has 30 heavy (non-hydrogen) atoms. The van der Waals surface area contributed by atoms with Crippen LogP contribution >= 0.6 is 0 Å². The van der Waals surface area contributed by atoms with Crippen molar-refractivity contribution >= 4 is 16.9 Å². The molecule has 1 aliphatic rings. The molecule has 0 aliphatic carbocycles. The Labute approximate surface area is 176 Å².